The van der Waals surface area contributed by atoms with Gasteiger partial charge in [0.25, 0.3) is 0 Å². The van der Waals surface area contributed by atoms with Crippen molar-refractivity contribution in [2.75, 3.05) is 13.7 Å². The van der Waals surface area contributed by atoms with Crippen molar-refractivity contribution in [2.24, 2.45) is 0 Å². The molecule has 0 saturated carbocycles. The van der Waals surface area contributed by atoms with Gasteiger partial charge < -0.3 is 9.47 Å². The highest BCUT2D eigenvalue weighted by atomic mass is 16.5. The first-order chi connectivity index (χ1) is 10.0. The summed E-state index contributed by atoms with van der Waals surface area (Å²) in [6.07, 6.45) is 0. The van der Waals surface area contributed by atoms with Crippen molar-refractivity contribution in [1.29, 1.82) is 0 Å². The minimum absolute atomic E-state index is 0.00368. The van der Waals surface area contributed by atoms with E-state index in [9.17, 15) is 4.79 Å². The lowest BCUT2D eigenvalue weighted by molar-refractivity contribution is 0.0919. The second-order valence-electron chi connectivity index (χ2n) is 5.11. The highest BCUT2D eigenvalue weighted by molar-refractivity contribution is 5.98. The Bertz CT molecular complexity index is 660. The third-order valence-electron chi connectivity index (χ3n) is 3.57. The molecule has 0 unspecified atom stereocenters. The Morgan fingerprint density at radius 1 is 0.952 bits per heavy atom. The van der Waals surface area contributed by atoms with Crippen LogP contribution in [0.25, 0.3) is 0 Å². The van der Waals surface area contributed by atoms with Crippen LogP contribution in [0.4, 0.5) is 0 Å². The molecule has 2 rings (SSSR count). The van der Waals surface area contributed by atoms with E-state index in [0.717, 1.165) is 11.1 Å². The molecule has 0 heterocycles. The van der Waals surface area contributed by atoms with Crippen LogP contribution in [0.15, 0.2) is 36.4 Å². The molecule has 0 aliphatic heterocycles. The van der Waals surface area contributed by atoms with E-state index in [0.29, 0.717) is 17.1 Å². The van der Waals surface area contributed by atoms with Crippen molar-refractivity contribution in [2.45, 2.75) is 20.8 Å². The average molecular weight is 284 g/mol. The van der Waals surface area contributed by atoms with E-state index in [1.165, 1.54) is 5.56 Å². The molecule has 0 aliphatic carbocycles. The molecule has 0 N–H and O–H groups in total. The maximum absolute atomic E-state index is 12.3. The van der Waals surface area contributed by atoms with Crippen LogP contribution >= 0.6 is 0 Å². The van der Waals surface area contributed by atoms with Crippen molar-refractivity contribution >= 4 is 5.78 Å². The molecule has 0 aromatic heterocycles. The number of ether oxygens (including phenoxy) is 2. The van der Waals surface area contributed by atoms with E-state index in [1.807, 2.05) is 45.0 Å². The zero-order chi connectivity index (χ0) is 15.4. The molecule has 0 radical (unpaired) electrons. The Balaban J connectivity index is 2.14. The first kappa shape index (κ1) is 15.1. The van der Waals surface area contributed by atoms with Gasteiger partial charge in [-0.2, -0.15) is 0 Å². The fourth-order valence-corrected chi connectivity index (χ4v) is 2.22. The first-order valence-corrected chi connectivity index (χ1v) is 6.89. The number of methoxy groups -OCH3 is 1. The normalized spacial score (nSPS) is 10.3. The van der Waals surface area contributed by atoms with Crippen LogP contribution in [0.1, 0.15) is 27.0 Å². The van der Waals surface area contributed by atoms with Crippen LogP contribution in [0.3, 0.4) is 0 Å². The number of carbonyl (C=O) groups is 1. The third kappa shape index (κ3) is 3.43. The zero-order valence-corrected chi connectivity index (χ0v) is 12.9. The summed E-state index contributed by atoms with van der Waals surface area (Å²) in [6, 6.07) is 11.3. The van der Waals surface area contributed by atoms with Crippen LogP contribution in [-0.4, -0.2) is 19.5 Å². The van der Waals surface area contributed by atoms with E-state index < -0.39 is 0 Å². The van der Waals surface area contributed by atoms with E-state index in [2.05, 4.69) is 0 Å². The van der Waals surface area contributed by atoms with Gasteiger partial charge in [-0.05, 0) is 55.7 Å². The van der Waals surface area contributed by atoms with Crippen molar-refractivity contribution in [1.82, 2.24) is 0 Å². The van der Waals surface area contributed by atoms with Gasteiger partial charge in [-0.15, -0.1) is 0 Å². The fraction of sp³-hybridized carbons (Fsp3) is 0.278. The smallest absolute Gasteiger partial charge is 0.200 e. The second-order valence-corrected chi connectivity index (χ2v) is 5.11. The molecule has 0 bridgehead atoms. The molecule has 2 aromatic rings. The number of hydrogen-bond donors (Lipinski definition) is 0. The van der Waals surface area contributed by atoms with Gasteiger partial charge in [-0.25, -0.2) is 0 Å². The molecule has 21 heavy (non-hydrogen) atoms. The molecule has 0 aliphatic rings. The maximum Gasteiger partial charge on any atom is 0.200 e. The fourth-order valence-electron chi connectivity index (χ4n) is 2.22. The summed E-state index contributed by atoms with van der Waals surface area (Å²) in [5.41, 5.74) is 4.00. The molecule has 0 fully saturated rings. The van der Waals surface area contributed by atoms with Crippen molar-refractivity contribution in [3.05, 3.63) is 58.7 Å². The summed E-state index contributed by atoms with van der Waals surface area (Å²) in [5.74, 6) is 1.18. The summed E-state index contributed by atoms with van der Waals surface area (Å²) in [4.78, 5) is 12.3. The quantitative estimate of drug-likeness (QED) is 0.782. The van der Waals surface area contributed by atoms with Gasteiger partial charge in [0.05, 0.1) is 7.11 Å². The summed E-state index contributed by atoms with van der Waals surface area (Å²) >= 11 is 0. The molecule has 3 nitrogen and oxygen atoms in total. The van der Waals surface area contributed by atoms with Gasteiger partial charge in [-0.3, -0.25) is 4.79 Å². The lowest BCUT2D eigenvalue weighted by atomic mass is 9.98. The van der Waals surface area contributed by atoms with Crippen molar-refractivity contribution in [3.8, 4) is 11.5 Å². The summed E-state index contributed by atoms with van der Waals surface area (Å²) in [6.45, 7) is 6.00. The molecular formula is C18H20O3. The maximum atomic E-state index is 12.3. The van der Waals surface area contributed by atoms with E-state index in [-0.39, 0.29) is 12.4 Å². The molecule has 0 amide bonds. The monoisotopic (exact) mass is 284 g/mol. The predicted molar refractivity (Wildman–Crippen MR) is 83.5 cm³/mol. The molecule has 3 heteroatoms. The minimum Gasteiger partial charge on any atom is -0.493 e. The van der Waals surface area contributed by atoms with Crippen LogP contribution in [0.2, 0.25) is 0 Å². The van der Waals surface area contributed by atoms with Gasteiger partial charge in [0.1, 0.15) is 0 Å². The Hall–Kier alpha value is -2.29. The second kappa shape index (κ2) is 6.44. The number of carbonyl (C=O) groups excluding carboxylic acids is 1. The largest absolute Gasteiger partial charge is 0.493 e. The molecule has 0 spiro atoms. The number of aryl methyl sites for hydroxylation is 3. The lowest BCUT2D eigenvalue weighted by Crippen LogP contribution is -2.13. The molecule has 0 saturated heterocycles. The molecular weight excluding hydrogens is 264 g/mol. The van der Waals surface area contributed by atoms with Crippen molar-refractivity contribution < 1.29 is 14.3 Å². The highest BCUT2D eigenvalue weighted by Gasteiger charge is 2.12. The van der Waals surface area contributed by atoms with Gasteiger partial charge in [0.2, 0.25) is 0 Å². The predicted octanol–water partition coefficient (Wildman–Crippen LogP) is 3.88. The third-order valence-corrected chi connectivity index (χ3v) is 3.57. The Morgan fingerprint density at radius 2 is 1.57 bits per heavy atom. The summed E-state index contributed by atoms with van der Waals surface area (Å²) in [7, 11) is 1.58. The highest BCUT2D eigenvalue weighted by Crippen LogP contribution is 2.26. The van der Waals surface area contributed by atoms with Crippen molar-refractivity contribution in [3.63, 3.8) is 0 Å². The summed E-state index contributed by atoms with van der Waals surface area (Å²) < 4.78 is 10.8. The van der Waals surface area contributed by atoms with Crippen LogP contribution < -0.4 is 9.47 Å². The molecule has 0 atom stereocenters. The lowest BCUT2D eigenvalue weighted by Gasteiger charge is -2.12. The number of hydrogen-bond acceptors (Lipinski definition) is 3. The summed E-state index contributed by atoms with van der Waals surface area (Å²) in [5, 5.41) is 0. The molecule has 110 valence electrons. The average Bonchev–Trinajstić information content (AvgIpc) is 2.48. The number of benzene rings is 2. The number of Topliss-reactive ketones (excluding diaryl/α,β-unsaturated/α-hetero) is 1. The minimum atomic E-state index is -0.0264. The van der Waals surface area contributed by atoms with Crippen LogP contribution in [-0.2, 0) is 0 Å². The standard InChI is InChI=1S/C18H20O3/c1-12-9-14(3)15(10-13(12)2)16(19)11-21-18-8-6-5-7-17(18)20-4/h5-10H,11H2,1-4H3. The van der Waals surface area contributed by atoms with Crippen LogP contribution in [0.5, 0.6) is 11.5 Å². The van der Waals surface area contributed by atoms with Gasteiger partial charge in [-0.1, -0.05) is 18.2 Å². The van der Waals surface area contributed by atoms with Crippen LogP contribution in [0, 0.1) is 20.8 Å². The Morgan fingerprint density at radius 3 is 2.24 bits per heavy atom. The topological polar surface area (TPSA) is 35.5 Å². The first-order valence-electron chi connectivity index (χ1n) is 6.89. The Labute approximate surface area is 125 Å². The Kier molecular flexibility index (Phi) is 4.63. The van der Waals surface area contributed by atoms with Gasteiger partial charge in [0.15, 0.2) is 23.9 Å². The van der Waals surface area contributed by atoms with E-state index in [1.54, 1.807) is 19.2 Å². The van der Waals surface area contributed by atoms with Gasteiger partial charge in [0, 0.05) is 5.56 Å². The SMILES string of the molecule is COc1ccccc1OCC(=O)c1cc(C)c(C)cc1C. The molecule has 2 aromatic carbocycles. The zero-order valence-electron chi connectivity index (χ0n) is 12.9. The number of ketones is 1. The van der Waals surface area contributed by atoms with Gasteiger partial charge >= 0.3 is 0 Å². The number of rotatable bonds is 5. The van der Waals surface area contributed by atoms with E-state index >= 15 is 0 Å². The number of para-hydroxylation sites is 2. The van der Waals surface area contributed by atoms with E-state index in [4.69, 9.17) is 9.47 Å².